The molecule has 1 saturated carbocycles. The Kier molecular flexibility index (Phi) is 9.17. The van der Waals surface area contributed by atoms with Crippen LogP contribution < -0.4 is 10.1 Å². The Morgan fingerprint density at radius 2 is 1.97 bits per heavy atom. The molecule has 0 aromatic heterocycles. The van der Waals surface area contributed by atoms with Crippen molar-refractivity contribution < 1.29 is 27.9 Å². The van der Waals surface area contributed by atoms with Gasteiger partial charge in [-0.3, -0.25) is 9.59 Å². The summed E-state index contributed by atoms with van der Waals surface area (Å²) >= 11 is 0. The van der Waals surface area contributed by atoms with E-state index in [2.05, 4.69) is 5.32 Å². The molecule has 35 heavy (non-hydrogen) atoms. The molecule has 9 nitrogen and oxygen atoms in total. The maximum absolute atomic E-state index is 13.3. The molecular weight excluding hydrogens is 470 g/mol. The topological polar surface area (TPSA) is 116 Å². The Hall–Kier alpha value is -2.17. The van der Waals surface area contributed by atoms with Crippen LogP contribution in [0.5, 0.6) is 5.75 Å². The first-order valence-corrected chi connectivity index (χ1v) is 14.3. The quantitative estimate of drug-likeness (QED) is 0.582. The van der Waals surface area contributed by atoms with Gasteiger partial charge in [0.05, 0.1) is 31.9 Å². The Labute approximate surface area is 208 Å². The molecule has 2 aliphatic rings. The molecule has 0 bridgehead atoms. The first kappa shape index (κ1) is 27.4. The predicted molar refractivity (Wildman–Crippen MR) is 135 cm³/mol. The van der Waals surface area contributed by atoms with E-state index in [9.17, 15) is 23.1 Å². The third-order valence-corrected chi connectivity index (χ3v) is 8.44. The Morgan fingerprint density at radius 1 is 1.29 bits per heavy atom. The highest BCUT2D eigenvalue weighted by atomic mass is 32.2. The molecule has 0 unspecified atom stereocenters. The van der Waals surface area contributed by atoms with E-state index in [1.54, 1.807) is 30.0 Å². The van der Waals surface area contributed by atoms with Crippen molar-refractivity contribution >= 4 is 27.5 Å². The third kappa shape index (κ3) is 7.17. The van der Waals surface area contributed by atoms with Crippen molar-refractivity contribution in [1.82, 2.24) is 9.21 Å². The first-order chi connectivity index (χ1) is 16.5. The van der Waals surface area contributed by atoms with Gasteiger partial charge in [-0.15, -0.1) is 0 Å². The fraction of sp³-hybridized carbons (Fsp3) is 0.680. The van der Waals surface area contributed by atoms with Crippen LogP contribution in [0.1, 0.15) is 51.5 Å². The van der Waals surface area contributed by atoms with Crippen LogP contribution in [-0.4, -0.2) is 79.7 Å². The summed E-state index contributed by atoms with van der Waals surface area (Å²) in [6.45, 7) is 3.95. The monoisotopic (exact) mass is 509 g/mol. The Bertz CT molecular complexity index is 1010. The Morgan fingerprint density at radius 3 is 2.60 bits per heavy atom. The lowest BCUT2D eigenvalue weighted by Gasteiger charge is -2.33. The molecule has 1 aliphatic carbocycles. The fourth-order valence-corrected chi connectivity index (χ4v) is 5.14. The zero-order valence-electron chi connectivity index (χ0n) is 21.2. The number of hydrogen-bond acceptors (Lipinski definition) is 6. The SMILES string of the molecule is C[C@H]1CN([C@@H](C)CO)C(=O)Cc2cc(NC(=O)C3CCCCC3)ccc2O[C@H]1CN(C)S(C)(=O)=O. The highest BCUT2D eigenvalue weighted by Gasteiger charge is 2.32. The van der Waals surface area contributed by atoms with Gasteiger partial charge in [0.25, 0.3) is 0 Å². The number of rotatable bonds is 7. The lowest BCUT2D eigenvalue weighted by atomic mass is 9.88. The van der Waals surface area contributed by atoms with Crippen LogP contribution in [0.25, 0.3) is 0 Å². The van der Waals surface area contributed by atoms with Crippen LogP contribution in [0.3, 0.4) is 0 Å². The molecule has 2 amide bonds. The lowest BCUT2D eigenvalue weighted by Crippen LogP contribution is -2.48. The molecule has 3 rings (SSSR count). The summed E-state index contributed by atoms with van der Waals surface area (Å²) in [6.07, 6.45) is 5.74. The molecule has 1 aliphatic heterocycles. The van der Waals surface area contributed by atoms with Gasteiger partial charge in [0.2, 0.25) is 21.8 Å². The number of anilines is 1. The minimum atomic E-state index is -3.42. The molecule has 1 fully saturated rings. The number of sulfonamides is 1. The summed E-state index contributed by atoms with van der Waals surface area (Å²) in [5, 5.41) is 12.7. The second-order valence-corrected chi connectivity index (χ2v) is 12.2. The van der Waals surface area contributed by atoms with E-state index in [0.717, 1.165) is 31.9 Å². The zero-order valence-corrected chi connectivity index (χ0v) is 22.0. The molecule has 0 radical (unpaired) electrons. The predicted octanol–water partition coefficient (Wildman–Crippen LogP) is 2.25. The van der Waals surface area contributed by atoms with Crippen molar-refractivity contribution in [2.45, 2.75) is 64.5 Å². The van der Waals surface area contributed by atoms with Crippen molar-refractivity contribution in [3.63, 3.8) is 0 Å². The van der Waals surface area contributed by atoms with Crippen LogP contribution >= 0.6 is 0 Å². The molecule has 1 aromatic carbocycles. The molecule has 0 saturated heterocycles. The van der Waals surface area contributed by atoms with E-state index in [0.29, 0.717) is 23.5 Å². The number of nitrogens with zero attached hydrogens (tertiary/aromatic N) is 2. The lowest BCUT2D eigenvalue weighted by molar-refractivity contribution is -0.134. The van der Waals surface area contributed by atoms with Crippen molar-refractivity contribution in [2.24, 2.45) is 11.8 Å². The van der Waals surface area contributed by atoms with Gasteiger partial charge >= 0.3 is 0 Å². The number of likely N-dealkylation sites (N-methyl/N-ethyl adjacent to an activating group) is 1. The van der Waals surface area contributed by atoms with Gasteiger partial charge in [-0.2, -0.15) is 0 Å². The molecule has 1 heterocycles. The van der Waals surface area contributed by atoms with Crippen LogP contribution in [0.4, 0.5) is 5.69 Å². The molecule has 2 N–H and O–H groups in total. The van der Waals surface area contributed by atoms with Crippen molar-refractivity contribution in [2.75, 3.05) is 38.3 Å². The van der Waals surface area contributed by atoms with E-state index in [1.807, 2.05) is 6.92 Å². The van der Waals surface area contributed by atoms with Crippen molar-refractivity contribution in [3.05, 3.63) is 23.8 Å². The highest BCUT2D eigenvalue weighted by Crippen LogP contribution is 2.30. The van der Waals surface area contributed by atoms with Crippen molar-refractivity contribution in [1.29, 1.82) is 0 Å². The summed E-state index contributed by atoms with van der Waals surface area (Å²) in [4.78, 5) is 27.7. The third-order valence-electron chi connectivity index (χ3n) is 7.16. The van der Waals surface area contributed by atoms with Gasteiger partial charge in [0.15, 0.2) is 0 Å². The normalized spacial score (nSPS) is 23.0. The fourth-order valence-electron chi connectivity index (χ4n) is 4.72. The number of nitrogens with one attached hydrogen (secondary N) is 1. The number of aliphatic hydroxyl groups is 1. The minimum Gasteiger partial charge on any atom is -0.488 e. The Balaban J connectivity index is 1.91. The van der Waals surface area contributed by atoms with Gasteiger partial charge in [-0.25, -0.2) is 12.7 Å². The van der Waals surface area contributed by atoms with Gasteiger partial charge in [0.1, 0.15) is 11.9 Å². The van der Waals surface area contributed by atoms with E-state index >= 15 is 0 Å². The number of benzene rings is 1. The summed E-state index contributed by atoms with van der Waals surface area (Å²) in [5.41, 5.74) is 1.22. The summed E-state index contributed by atoms with van der Waals surface area (Å²) in [6, 6.07) is 4.87. The van der Waals surface area contributed by atoms with Gasteiger partial charge in [-0.1, -0.05) is 26.2 Å². The summed E-state index contributed by atoms with van der Waals surface area (Å²) < 4.78 is 31.7. The number of hydrogen-bond donors (Lipinski definition) is 2. The highest BCUT2D eigenvalue weighted by molar-refractivity contribution is 7.88. The molecule has 0 spiro atoms. The maximum Gasteiger partial charge on any atom is 0.227 e. The van der Waals surface area contributed by atoms with E-state index in [1.165, 1.54) is 17.8 Å². The summed E-state index contributed by atoms with van der Waals surface area (Å²) in [7, 11) is -1.92. The molecule has 196 valence electrons. The van der Waals surface area contributed by atoms with E-state index in [4.69, 9.17) is 4.74 Å². The first-order valence-electron chi connectivity index (χ1n) is 12.4. The maximum atomic E-state index is 13.3. The van der Waals surface area contributed by atoms with Gasteiger partial charge < -0.3 is 20.1 Å². The second kappa shape index (κ2) is 11.7. The number of ether oxygens (including phenoxy) is 1. The van der Waals surface area contributed by atoms with Crippen LogP contribution in [0.2, 0.25) is 0 Å². The molecule has 3 atom stereocenters. The number of carbonyl (C=O) groups is 2. The second-order valence-electron chi connectivity index (χ2n) is 10.1. The standard InChI is InChI=1S/C25H39N3O6S/c1-17-14-28(18(2)16-29)24(30)13-20-12-21(26-25(31)19-8-6-5-7-9-19)10-11-22(20)34-23(17)15-27(3)35(4,32)33/h10-12,17-19,23,29H,5-9,13-16H2,1-4H3,(H,26,31)/t17-,18-,23-/m0/s1. The largest absolute Gasteiger partial charge is 0.488 e. The average molecular weight is 510 g/mol. The number of amides is 2. The summed E-state index contributed by atoms with van der Waals surface area (Å²) in [5.74, 6) is 0.137. The van der Waals surface area contributed by atoms with E-state index in [-0.39, 0.29) is 43.2 Å². The molecule has 10 heteroatoms. The zero-order chi connectivity index (χ0) is 25.8. The average Bonchev–Trinajstić information content (AvgIpc) is 2.86. The van der Waals surface area contributed by atoms with Gasteiger partial charge in [0, 0.05) is 36.7 Å². The van der Waals surface area contributed by atoms with Gasteiger partial charge in [-0.05, 0) is 38.0 Å². The minimum absolute atomic E-state index is 0.00299. The van der Waals surface area contributed by atoms with Crippen LogP contribution in [0, 0.1) is 11.8 Å². The number of aliphatic hydroxyl groups excluding tert-OH is 1. The number of fused-ring (bicyclic) bond motifs is 1. The van der Waals surface area contributed by atoms with Crippen LogP contribution in [-0.2, 0) is 26.0 Å². The number of carbonyl (C=O) groups excluding carboxylic acids is 2. The van der Waals surface area contributed by atoms with E-state index < -0.39 is 22.2 Å². The van der Waals surface area contributed by atoms with Crippen molar-refractivity contribution in [3.8, 4) is 5.75 Å². The molecular formula is C25H39N3O6S. The molecule has 1 aromatic rings. The smallest absolute Gasteiger partial charge is 0.227 e. The van der Waals surface area contributed by atoms with Crippen LogP contribution in [0.15, 0.2) is 18.2 Å².